The van der Waals surface area contributed by atoms with Crippen molar-refractivity contribution in [3.05, 3.63) is 52.4 Å². The zero-order chi connectivity index (χ0) is 16.1. The standard InChI is InChI=1S/C15H15ClN2O4/c1-9-3-4-12(16)13(7-9)22-8-14(19)17-18-15(20)11-5-6-21-10(11)2/h3-7H,8H2,1-2H3,(H,17,19)(H,18,20). The maximum absolute atomic E-state index is 11.8. The van der Waals surface area contributed by atoms with Crippen molar-refractivity contribution in [3.8, 4) is 5.75 Å². The second-order valence-electron chi connectivity index (χ2n) is 4.62. The molecule has 0 unspecified atom stereocenters. The number of amides is 2. The van der Waals surface area contributed by atoms with Crippen molar-refractivity contribution in [2.45, 2.75) is 13.8 Å². The molecule has 0 saturated heterocycles. The number of carbonyl (C=O) groups is 2. The average molecular weight is 323 g/mol. The predicted octanol–water partition coefficient (Wildman–Crippen LogP) is 2.39. The van der Waals surface area contributed by atoms with Crippen molar-refractivity contribution in [2.24, 2.45) is 0 Å². The first-order valence-corrected chi connectivity index (χ1v) is 6.87. The first-order valence-electron chi connectivity index (χ1n) is 6.49. The van der Waals surface area contributed by atoms with Gasteiger partial charge in [-0.2, -0.15) is 0 Å². The molecule has 0 saturated carbocycles. The van der Waals surface area contributed by atoms with E-state index in [0.717, 1.165) is 5.56 Å². The molecule has 0 bridgehead atoms. The minimum absolute atomic E-state index is 0.270. The van der Waals surface area contributed by atoms with E-state index >= 15 is 0 Å². The highest BCUT2D eigenvalue weighted by Crippen LogP contribution is 2.24. The molecule has 2 N–H and O–H groups in total. The first-order chi connectivity index (χ1) is 10.5. The zero-order valence-electron chi connectivity index (χ0n) is 12.1. The Morgan fingerprint density at radius 3 is 2.68 bits per heavy atom. The van der Waals surface area contributed by atoms with Gasteiger partial charge in [-0.1, -0.05) is 17.7 Å². The van der Waals surface area contributed by atoms with Gasteiger partial charge in [0.15, 0.2) is 6.61 Å². The number of hydrazine groups is 1. The molecule has 2 amide bonds. The fourth-order valence-electron chi connectivity index (χ4n) is 1.71. The van der Waals surface area contributed by atoms with Crippen molar-refractivity contribution in [2.75, 3.05) is 6.61 Å². The van der Waals surface area contributed by atoms with Gasteiger partial charge in [-0.05, 0) is 37.6 Å². The smallest absolute Gasteiger partial charge is 0.276 e. The highest BCUT2D eigenvalue weighted by molar-refractivity contribution is 6.32. The van der Waals surface area contributed by atoms with E-state index in [4.69, 9.17) is 20.8 Å². The van der Waals surface area contributed by atoms with Crippen molar-refractivity contribution in [3.63, 3.8) is 0 Å². The van der Waals surface area contributed by atoms with Crippen molar-refractivity contribution in [1.82, 2.24) is 10.9 Å². The fraction of sp³-hybridized carbons (Fsp3) is 0.200. The van der Waals surface area contributed by atoms with Gasteiger partial charge in [-0.15, -0.1) is 0 Å². The van der Waals surface area contributed by atoms with Gasteiger partial charge in [0.2, 0.25) is 0 Å². The van der Waals surface area contributed by atoms with Crippen LogP contribution in [0, 0.1) is 13.8 Å². The van der Waals surface area contributed by atoms with Crippen molar-refractivity contribution < 1.29 is 18.7 Å². The number of aryl methyl sites for hydroxylation is 2. The van der Waals surface area contributed by atoms with Crippen LogP contribution in [0.3, 0.4) is 0 Å². The monoisotopic (exact) mass is 322 g/mol. The molecule has 0 atom stereocenters. The van der Waals surface area contributed by atoms with Crippen molar-refractivity contribution in [1.29, 1.82) is 0 Å². The molecule has 2 aromatic rings. The molecule has 7 heteroatoms. The number of furan rings is 1. The Bertz CT molecular complexity index is 697. The summed E-state index contributed by atoms with van der Waals surface area (Å²) in [6, 6.07) is 6.76. The molecule has 0 aliphatic rings. The van der Waals surface area contributed by atoms with E-state index in [-0.39, 0.29) is 6.61 Å². The van der Waals surface area contributed by atoms with Crippen LogP contribution in [-0.4, -0.2) is 18.4 Å². The van der Waals surface area contributed by atoms with Crippen LogP contribution in [-0.2, 0) is 4.79 Å². The fourth-order valence-corrected chi connectivity index (χ4v) is 1.89. The zero-order valence-corrected chi connectivity index (χ0v) is 12.9. The average Bonchev–Trinajstić information content (AvgIpc) is 2.92. The summed E-state index contributed by atoms with van der Waals surface area (Å²) in [5.74, 6) is -0.0939. The van der Waals surface area contributed by atoms with Gasteiger partial charge in [0.25, 0.3) is 11.8 Å². The summed E-state index contributed by atoms with van der Waals surface area (Å²) in [6.07, 6.45) is 1.40. The largest absolute Gasteiger partial charge is 0.482 e. The van der Waals surface area contributed by atoms with E-state index in [2.05, 4.69) is 10.9 Å². The van der Waals surface area contributed by atoms with Crippen LogP contribution in [0.15, 0.2) is 34.9 Å². The minimum atomic E-state index is -0.507. The third kappa shape index (κ3) is 4.02. The van der Waals surface area contributed by atoms with Crippen LogP contribution in [0.1, 0.15) is 21.7 Å². The first kappa shape index (κ1) is 15.9. The number of halogens is 1. The highest BCUT2D eigenvalue weighted by Gasteiger charge is 2.12. The Labute approximate surface area is 132 Å². The van der Waals surface area contributed by atoms with E-state index in [9.17, 15) is 9.59 Å². The maximum Gasteiger partial charge on any atom is 0.276 e. The molecule has 22 heavy (non-hydrogen) atoms. The van der Waals surface area contributed by atoms with E-state index in [1.54, 1.807) is 19.1 Å². The number of hydrogen-bond donors (Lipinski definition) is 2. The molecule has 0 fully saturated rings. The Balaban J connectivity index is 1.82. The van der Waals surface area contributed by atoms with Gasteiger partial charge < -0.3 is 9.15 Å². The number of hydrogen-bond acceptors (Lipinski definition) is 4. The number of rotatable bonds is 4. The maximum atomic E-state index is 11.8. The summed E-state index contributed by atoms with van der Waals surface area (Å²) in [5, 5.41) is 0.413. The molecule has 1 aromatic carbocycles. The lowest BCUT2D eigenvalue weighted by atomic mass is 10.2. The quantitative estimate of drug-likeness (QED) is 0.847. The minimum Gasteiger partial charge on any atom is -0.482 e. The lowest BCUT2D eigenvalue weighted by molar-refractivity contribution is -0.123. The van der Waals surface area contributed by atoms with Crippen LogP contribution < -0.4 is 15.6 Å². The highest BCUT2D eigenvalue weighted by atomic mass is 35.5. The lowest BCUT2D eigenvalue weighted by Crippen LogP contribution is -2.43. The molecule has 0 spiro atoms. The van der Waals surface area contributed by atoms with Gasteiger partial charge in [0.05, 0.1) is 16.8 Å². The van der Waals surface area contributed by atoms with Gasteiger partial charge in [-0.3, -0.25) is 20.4 Å². The Kier molecular flexibility index (Phi) is 5.06. The summed E-state index contributed by atoms with van der Waals surface area (Å²) in [7, 11) is 0. The van der Waals surface area contributed by atoms with E-state index in [1.165, 1.54) is 12.3 Å². The Hall–Kier alpha value is -2.47. The Morgan fingerprint density at radius 1 is 1.23 bits per heavy atom. The Morgan fingerprint density at radius 2 is 2.00 bits per heavy atom. The van der Waals surface area contributed by atoms with E-state index < -0.39 is 11.8 Å². The molecule has 116 valence electrons. The van der Waals surface area contributed by atoms with Gasteiger partial charge in [-0.25, -0.2) is 0 Å². The van der Waals surface area contributed by atoms with Crippen LogP contribution in [0.25, 0.3) is 0 Å². The molecule has 0 radical (unpaired) electrons. The summed E-state index contributed by atoms with van der Waals surface area (Å²) in [6.45, 7) is 3.27. The van der Waals surface area contributed by atoms with Gasteiger partial charge in [0, 0.05) is 0 Å². The molecule has 0 aliphatic carbocycles. The van der Waals surface area contributed by atoms with E-state index in [0.29, 0.717) is 22.1 Å². The number of ether oxygens (including phenoxy) is 1. The number of carbonyl (C=O) groups excluding carboxylic acids is 2. The molecule has 2 rings (SSSR count). The SMILES string of the molecule is Cc1ccc(Cl)c(OCC(=O)NNC(=O)c2ccoc2C)c1. The van der Waals surface area contributed by atoms with Crippen molar-refractivity contribution >= 4 is 23.4 Å². The van der Waals surface area contributed by atoms with Crippen LogP contribution in [0.5, 0.6) is 5.75 Å². The second kappa shape index (κ2) is 7.00. The molecular formula is C15H15ClN2O4. The molecular weight excluding hydrogens is 308 g/mol. The van der Waals surface area contributed by atoms with Gasteiger partial charge in [0.1, 0.15) is 11.5 Å². The molecule has 1 aromatic heterocycles. The van der Waals surface area contributed by atoms with Crippen LogP contribution in [0.4, 0.5) is 0 Å². The van der Waals surface area contributed by atoms with Crippen LogP contribution >= 0.6 is 11.6 Å². The predicted molar refractivity (Wildman–Crippen MR) is 80.7 cm³/mol. The van der Waals surface area contributed by atoms with Gasteiger partial charge >= 0.3 is 0 Å². The normalized spacial score (nSPS) is 10.1. The molecule has 6 nitrogen and oxygen atoms in total. The third-order valence-corrected chi connectivity index (χ3v) is 3.18. The van der Waals surface area contributed by atoms with Crippen LogP contribution in [0.2, 0.25) is 5.02 Å². The number of benzene rings is 1. The lowest BCUT2D eigenvalue weighted by Gasteiger charge is -2.10. The topological polar surface area (TPSA) is 80.6 Å². The summed E-state index contributed by atoms with van der Waals surface area (Å²) in [4.78, 5) is 23.4. The summed E-state index contributed by atoms with van der Waals surface area (Å²) in [5.41, 5.74) is 5.84. The molecule has 0 aliphatic heterocycles. The third-order valence-electron chi connectivity index (χ3n) is 2.86. The summed E-state index contributed by atoms with van der Waals surface area (Å²) < 4.78 is 10.3. The van der Waals surface area contributed by atoms with E-state index in [1.807, 2.05) is 13.0 Å². The number of nitrogens with one attached hydrogen (secondary N) is 2. The molecule has 1 heterocycles. The second-order valence-corrected chi connectivity index (χ2v) is 5.02. The summed E-state index contributed by atoms with van der Waals surface area (Å²) >= 11 is 5.96.